The van der Waals surface area contributed by atoms with Crippen LogP contribution in [0.3, 0.4) is 0 Å². The summed E-state index contributed by atoms with van der Waals surface area (Å²) in [6.45, 7) is 7.02. The van der Waals surface area contributed by atoms with Crippen molar-refractivity contribution in [1.82, 2.24) is 35.3 Å². The summed E-state index contributed by atoms with van der Waals surface area (Å²) in [5.74, 6) is 0.628. The number of hydrogen-bond acceptors (Lipinski definition) is 7. The first-order valence-electron chi connectivity index (χ1n) is 14.0. The number of aryl methyl sites for hydroxylation is 1. The third-order valence-electron chi connectivity index (χ3n) is 7.26. The number of benzene rings is 2. The Morgan fingerprint density at radius 3 is 2.66 bits per heavy atom. The van der Waals surface area contributed by atoms with E-state index in [2.05, 4.69) is 25.7 Å². The molecule has 1 aliphatic rings. The van der Waals surface area contributed by atoms with E-state index in [9.17, 15) is 14.4 Å². The van der Waals surface area contributed by atoms with E-state index in [1.807, 2.05) is 63.2 Å². The number of fused-ring (bicyclic) bond motifs is 2. The van der Waals surface area contributed by atoms with Crippen molar-refractivity contribution in [3.05, 3.63) is 76.8 Å². The van der Waals surface area contributed by atoms with Gasteiger partial charge in [-0.05, 0) is 43.0 Å². The molecule has 214 valence electrons. The van der Waals surface area contributed by atoms with Crippen LogP contribution < -0.4 is 10.6 Å². The van der Waals surface area contributed by atoms with Crippen LogP contribution in [0.15, 0.2) is 54.0 Å². The largest absolute Gasteiger partial charge is 0.344 e. The number of thiazole rings is 1. The summed E-state index contributed by atoms with van der Waals surface area (Å²) in [6, 6.07) is 14.0. The first-order chi connectivity index (χ1) is 19.8. The molecule has 41 heavy (non-hydrogen) atoms. The van der Waals surface area contributed by atoms with E-state index < -0.39 is 12.1 Å². The lowest BCUT2D eigenvalue weighted by Gasteiger charge is -2.28. The molecule has 2 aromatic heterocycles. The minimum atomic E-state index is -0.754. The highest BCUT2D eigenvalue weighted by molar-refractivity contribution is 7.16. The third-order valence-corrected chi connectivity index (χ3v) is 8.05. The topological polar surface area (TPSA) is 122 Å². The maximum Gasteiger partial charge on any atom is 0.253 e. The van der Waals surface area contributed by atoms with Crippen molar-refractivity contribution < 1.29 is 14.4 Å². The predicted octanol–water partition coefficient (Wildman–Crippen LogP) is 3.67. The SMILES string of the molecule is Cc1nc2n(n1)CCN(C(=O)c1ccc3ncsc3c1)CCCC(=O)N[C@@H](Cc1ccccc1)C(=O)N[C@@H]2C(C)C. The van der Waals surface area contributed by atoms with E-state index in [0.717, 1.165) is 15.8 Å². The zero-order chi connectivity index (χ0) is 28.9. The Bertz CT molecular complexity index is 1530. The Morgan fingerprint density at radius 1 is 1.07 bits per heavy atom. The Hall–Kier alpha value is -4.12. The second-order valence-corrected chi connectivity index (χ2v) is 11.6. The van der Waals surface area contributed by atoms with Crippen molar-refractivity contribution >= 4 is 39.3 Å². The van der Waals surface area contributed by atoms with E-state index >= 15 is 0 Å². The van der Waals surface area contributed by atoms with Crippen LogP contribution in [0.2, 0.25) is 0 Å². The van der Waals surface area contributed by atoms with Gasteiger partial charge in [-0.2, -0.15) is 5.10 Å². The minimum Gasteiger partial charge on any atom is -0.344 e. The first-order valence-corrected chi connectivity index (χ1v) is 14.8. The molecule has 5 rings (SSSR count). The molecule has 3 amide bonds. The standard InChI is InChI=1S/C30H35N7O3S/c1-19(2)27-28-32-20(3)35-37(28)15-14-36(30(40)22-11-12-23-25(17-22)41-18-31-23)13-7-10-26(38)33-24(29(39)34-27)16-21-8-5-4-6-9-21/h4-6,8-9,11-12,17-19,24,27H,7,10,13-16H2,1-3H3,(H,33,38)(H,34,39)/t24-,27+/m0/s1. The quantitative estimate of drug-likeness (QED) is 0.384. The Labute approximate surface area is 243 Å². The monoisotopic (exact) mass is 573 g/mol. The van der Waals surface area contributed by atoms with Crippen LogP contribution in [0.1, 0.15) is 60.3 Å². The van der Waals surface area contributed by atoms with Crippen molar-refractivity contribution in [2.24, 2.45) is 5.92 Å². The predicted molar refractivity (Wildman–Crippen MR) is 157 cm³/mol. The lowest BCUT2D eigenvalue weighted by Crippen LogP contribution is -2.50. The third kappa shape index (κ3) is 6.79. The Morgan fingerprint density at radius 2 is 1.88 bits per heavy atom. The first kappa shape index (κ1) is 28.4. The van der Waals surface area contributed by atoms with Gasteiger partial charge in [0.2, 0.25) is 11.8 Å². The molecule has 0 unspecified atom stereocenters. The van der Waals surface area contributed by atoms with Gasteiger partial charge in [-0.25, -0.2) is 14.6 Å². The molecule has 0 saturated heterocycles. The zero-order valence-electron chi connectivity index (χ0n) is 23.5. The number of nitrogens with one attached hydrogen (secondary N) is 2. The molecule has 4 aromatic rings. The van der Waals surface area contributed by atoms with Crippen LogP contribution >= 0.6 is 11.3 Å². The summed E-state index contributed by atoms with van der Waals surface area (Å²) in [5.41, 5.74) is 4.16. The molecule has 0 aliphatic carbocycles. The summed E-state index contributed by atoms with van der Waals surface area (Å²) in [6.07, 6.45) is 1.01. The van der Waals surface area contributed by atoms with Gasteiger partial charge in [0.25, 0.3) is 5.91 Å². The molecule has 0 fully saturated rings. The van der Waals surface area contributed by atoms with Gasteiger partial charge < -0.3 is 15.5 Å². The van der Waals surface area contributed by atoms with Gasteiger partial charge in [0, 0.05) is 31.5 Å². The van der Waals surface area contributed by atoms with Gasteiger partial charge in [-0.3, -0.25) is 14.4 Å². The van der Waals surface area contributed by atoms with Crippen LogP contribution in [0.4, 0.5) is 0 Å². The van der Waals surface area contributed by atoms with Crippen molar-refractivity contribution in [2.75, 3.05) is 13.1 Å². The molecule has 0 radical (unpaired) electrons. The van der Waals surface area contributed by atoms with E-state index in [-0.39, 0.29) is 30.1 Å². The van der Waals surface area contributed by atoms with Gasteiger partial charge in [0.05, 0.1) is 28.3 Å². The maximum atomic E-state index is 13.7. The normalized spacial score (nSPS) is 19.0. The highest BCUT2D eigenvalue weighted by atomic mass is 32.1. The second-order valence-electron chi connectivity index (χ2n) is 10.7. The van der Waals surface area contributed by atoms with Crippen LogP contribution in [0.25, 0.3) is 10.2 Å². The van der Waals surface area contributed by atoms with Crippen molar-refractivity contribution in [3.8, 4) is 0 Å². The van der Waals surface area contributed by atoms with Crippen LogP contribution in [-0.2, 0) is 22.6 Å². The van der Waals surface area contributed by atoms with Crippen molar-refractivity contribution in [2.45, 2.75) is 58.7 Å². The van der Waals surface area contributed by atoms with Gasteiger partial charge in [0.15, 0.2) is 0 Å². The van der Waals surface area contributed by atoms with Crippen molar-refractivity contribution in [1.29, 1.82) is 0 Å². The van der Waals surface area contributed by atoms with E-state index in [4.69, 9.17) is 0 Å². The summed E-state index contributed by atoms with van der Waals surface area (Å²) < 4.78 is 2.75. The lowest BCUT2D eigenvalue weighted by atomic mass is 10.0. The molecule has 0 spiro atoms. The molecule has 3 heterocycles. The molecular formula is C30H35N7O3S. The molecule has 2 atom stereocenters. The van der Waals surface area contributed by atoms with Crippen molar-refractivity contribution in [3.63, 3.8) is 0 Å². The fraction of sp³-hybridized carbons (Fsp3) is 0.400. The molecule has 0 bridgehead atoms. The highest BCUT2D eigenvalue weighted by Crippen LogP contribution is 2.23. The molecule has 10 nitrogen and oxygen atoms in total. The second kappa shape index (κ2) is 12.6. The van der Waals surface area contributed by atoms with Crippen LogP contribution in [-0.4, -0.2) is 61.5 Å². The fourth-order valence-corrected chi connectivity index (χ4v) is 5.82. The number of nitrogens with zero attached hydrogens (tertiary/aromatic N) is 5. The van der Waals surface area contributed by atoms with E-state index in [1.165, 1.54) is 11.3 Å². The molecule has 1 aliphatic heterocycles. The van der Waals surface area contributed by atoms with E-state index in [0.29, 0.717) is 49.7 Å². The fourth-order valence-electron chi connectivity index (χ4n) is 5.11. The minimum absolute atomic E-state index is 0.00569. The summed E-state index contributed by atoms with van der Waals surface area (Å²) >= 11 is 1.49. The van der Waals surface area contributed by atoms with E-state index in [1.54, 1.807) is 21.2 Å². The number of aromatic nitrogens is 4. The number of carbonyl (C=O) groups is 3. The molecule has 2 N–H and O–H groups in total. The zero-order valence-corrected chi connectivity index (χ0v) is 24.4. The Balaban J connectivity index is 1.45. The Kier molecular flexibility index (Phi) is 8.72. The number of hydrogen-bond donors (Lipinski definition) is 2. The summed E-state index contributed by atoms with van der Waals surface area (Å²) in [4.78, 5) is 51.1. The lowest BCUT2D eigenvalue weighted by molar-refractivity contribution is -0.129. The summed E-state index contributed by atoms with van der Waals surface area (Å²) in [7, 11) is 0. The average molecular weight is 574 g/mol. The van der Waals surface area contributed by atoms with Crippen LogP contribution in [0, 0.1) is 12.8 Å². The molecule has 11 heteroatoms. The maximum absolute atomic E-state index is 13.7. The molecule has 2 aromatic carbocycles. The van der Waals surface area contributed by atoms with Gasteiger partial charge in [0.1, 0.15) is 17.7 Å². The molecule has 0 saturated carbocycles. The number of amides is 3. The molecular weight excluding hydrogens is 538 g/mol. The highest BCUT2D eigenvalue weighted by Gasteiger charge is 2.30. The van der Waals surface area contributed by atoms with Gasteiger partial charge >= 0.3 is 0 Å². The smallest absolute Gasteiger partial charge is 0.253 e. The number of rotatable bonds is 4. The average Bonchev–Trinajstić information content (AvgIpc) is 3.58. The number of carbonyl (C=O) groups excluding carboxylic acids is 3. The van der Waals surface area contributed by atoms with Gasteiger partial charge in [-0.15, -0.1) is 11.3 Å². The van der Waals surface area contributed by atoms with Crippen LogP contribution in [0.5, 0.6) is 0 Å². The summed E-state index contributed by atoms with van der Waals surface area (Å²) in [5, 5.41) is 10.7. The van der Waals surface area contributed by atoms with Gasteiger partial charge in [-0.1, -0.05) is 44.2 Å².